The van der Waals surface area contributed by atoms with E-state index < -0.39 is 58.5 Å². The largest absolute Gasteiger partial charge is 0.433 e. The molecule has 0 bridgehead atoms. The molecule has 1 aliphatic rings. The zero-order valence-electron chi connectivity index (χ0n) is 21.1. The maximum atomic E-state index is 14.7. The van der Waals surface area contributed by atoms with E-state index in [0.717, 1.165) is 6.92 Å². The van der Waals surface area contributed by atoms with E-state index in [2.05, 4.69) is 24.1 Å². The number of halogens is 6. The Morgan fingerprint density at radius 1 is 1.22 bits per heavy atom. The summed E-state index contributed by atoms with van der Waals surface area (Å²) in [4.78, 5) is 16.7. The predicted molar refractivity (Wildman–Crippen MR) is 128 cm³/mol. The van der Waals surface area contributed by atoms with E-state index in [9.17, 15) is 35.3 Å². The van der Waals surface area contributed by atoms with Crippen molar-refractivity contribution in [1.29, 1.82) is 0 Å². The molecule has 2 N–H and O–H groups in total. The molecule has 1 aliphatic carbocycles. The Morgan fingerprint density at radius 3 is 2.35 bits per heavy atom. The molecular formula is C21H28F6N6O2SSi. The Hall–Kier alpha value is -2.46. The van der Waals surface area contributed by atoms with Crippen LogP contribution in [0.5, 0.6) is 0 Å². The first-order chi connectivity index (χ1) is 16.8. The van der Waals surface area contributed by atoms with Crippen LogP contribution in [0.2, 0.25) is 18.1 Å². The zero-order valence-corrected chi connectivity index (χ0v) is 22.9. The standard InChI is InChI=1S/C21H28F6N6O2SSi/c1-11-15(12-8-7-9-14(12)28-16(11)21(25,26)27)29-19(34)31-36(35,32-37(5,6)20(2,3)4)17-13(22)10-33(30-17)18(23)24/h10,18H,7-9H2,1-6H3,(H2,28,29,31,32,34,35). The van der Waals surface area contributed by atoms with Crippen LogP contribution in [-0.4, -0.2) is 33.2 Å². The minimum Gasteiger partial charge on any atom is -0.305 e. The number of carbonyl (C=O) groups excluding carboxylic acids is 1. The van der Waals surface area contributed by atoms with Crippen molar-refractivity contribution in [3.63, 3.8) is 0 Å². The van der Waals surface area contributed by atoms with E-state index in [1.165, 1.54) is 0 Å². The van der Waals surface area contributed by atoms with E-state index in [1.54, 1.807) is 13.1 Å². The Kier molecular flexibility index (Phi) is 7.62. The van der Waals surface area contributed by atoms with Gasteiger partial charge in [0.05, 0.1) is 11.9 Å². The molecule has 0 fully saturated rings. The molecule has 0 radical (unpaired) electrons. The third kappa shape index (κ3) is 5.85. The fraction of sp³-hybridized carbons (Fsp3) is 0.571. The van der Waals surface area contributed by atoms with Crippen molar-refractivity contribution in [2.75, 3.05) is 5.32 Å². The van der Waals surface area contributed by atoms with Crippen LogP contribution in [0, 0.1) is 12.7 Å². The van der Waals surface area contributed by atoms with Gasteiger partial charge in [-0.25, -0.2) is 27.4 Å². The normalized spacial score (nSPS) is 16.0. The van der Waals surface area contributed by atoms with Gasteiger partial charge in [-0.05, 0) is 36.8 Å². The molecular weight excluding hydrogens is 542 g/mol. The molecule has 0 saturated carbocycles. The first-order valence-corrected chi connectivity index (χ1v) is 15.8. The Balaban J connectivity index is 2.16. The van der Waals surface area contributed by atoms with E-state index in [4.69, 9.17) is 0 Å². The molecule has 16 heteroatoms. The lowest BCUT2D eigenvalue weighted by atomic mass is 10.1. The summed E-state index contributed by atoms with van der Waals surface area (Å²) in [7, 11) is -7.14. The number of carbonyl (C=O) groups is 1. The summed E-state index contributed by atoms with van der Waals surface area (Å²) < 4.78 is 102. The number of nitrogens with zero attached hydrogens (tertiary/aromatic N) is 4. The summed E-state index contributed by atoms with van der Waals surface area (Å²) in [5.41, 5.74) is -1.13. The zero-order chi connectivity index (χ0) is 28.1. The van der Waals surface area contributed by atoms with Crippen molar-refractivity contribution in [1.82, 2.24) is 19.2 Å². The molecule has 2 aromatic heterocycles. The van der Waals surface area contributed by atoms with Crippen LogP contribution < -0.4 is 9.70 Å². The average Bonchev–Trinajstić information content (AvgIpc) is 3.34. The van der Waals surface area contributed by atoms with Crippen LogP contribution in [0.3, 0.4) is 0 Å². The number of fused-ring (bicyclic) bond motifs is 1. The molecule has 3 rings (SSSR count). The van der Waals surface area contributed by atoms with E-state index >= 15 is 0 Å². The summed E-state index contributed by atoms with van der Waals surface area (Å²) in [6.45, 7) is 6.75. The smallest absolute Gasteiger partial charge is 0.305 e. The second-order valence-corrected chi connectivity index (χ2v) is 17.5. The van der Waals surface area contributed by atoms with Crippen molar-refractivity contribution in [2.45, 2.75) is 82.8 Å². The number of hydrogen-bond donors (Lipinski definition) is 2. The number of urea groups is 1. The van der Waals surface area contributed by atoms with Crippen LogP contribution in [0.25, 0.3) is 0 Å². The topological polar surface area (TPSA) is 101 Å². The number of aromatic nitrogens is 3. The fourth-order valence-electron chi connectivity index (χ4n) is 3.63. The number of alkyl halides is 5. The first-order valence-electron chi connectivity index (χ1n) is 11.3. The van der Waals surface area contributed by atoms with Gasteiger partial charge in [-0.2, -0.15) is 27.1 Å². The summed E-state index contributed by atoms with van der Waals surface area (Å²) in [5, 5.41) is 4.12. The van der Waals surface area contributed by atoms with E-state index in [-0.39, 0.29) is 28.0 Å². The summed E-state index contributed by atoms with van der Waals surface area (Å²) in [6.07, 6.45) is -3.32. The molecule has 2 heterocycles. The quantitative estimate of drug-likeness (QED) is 0.330. The van der Waals surface area contributed by atoms with Gasteiger partial charge in [0, 0.05) is 11.3 Å². The lowest BCUT2D eigenvalue weighted by Crippen LogP contribution is -2.54. The lowest BCUT2D eigenvalue weighted by molar-refractivity contribution is -0.141. The van der Waals surface area contributed by atoms with Gasteiger partial charge in [0.25, 0.3) is 0 Å². The second-order valence-electron chi connectivity index (χ2n) is 10.3. The van der Waals surface area contributed by atoms with Crippen LogP contribution in [-0.2, 0) is 28.9 Å². The second kappa shape index (κ2) is 9.69. The van der Waals surface area contributed by atoms with Crippen LogP contribution in [0.4, 0.5) is 36.8 Å². The Bertz CT molecular complexity index is 1340. The Morgan fingerprint density at radius 2 is 1.84 bits per heavy atom. The highest BCUT2D eigenvalue weighted by atomic mass is 32.2. The number of amides is 2. The van der Waals surface area contributed by atoms with Crippen LogP contribution in [0.15, 0.2) is 15.6 Å². The highest BCUT2D eigenvalue weighted by molar-refractivity contribution is 7.93. The van der Waals surface area contributed by atoms with Crippen molar-refractivity contribution < 1.29 is 35.3 Å². The molecule has 0 spiro atoms. The van der Waals surface area contributed by atoms with Crippen LogP contribution >= 0.6 is 0 Å². The van der Waals surface area contributed by atoms with E-state index in [0.29, 0.717) is 24.6 Å². The maximum absolute atomic E-state index is 14.7. The molecule has 8 nitrogen and oxygen atoms in total. The van der Waals surface area contributed by atoms with Crippen LogP contribution in [0.1, 0.15) is 56.3 Å². The first kappa shape index (κ1) is 29.1. The molecule has 2 aromatic rings. The lowest BCUT2D eigenvalue weighted by Gasteiger charge is -2.37. The van der Waals surface area contributed by atoms with Gasteiger partial charge in [-0.15, -0.1) is 4.36 Å². The van der Waals surface area contributed by atoms with Crippen molar-refractivity contribution in [3.05, 3.63) is 34.5 Å². The average molecular weight is 571 g/mol. The number of rotatable bonds is 5. The summed E-state index contributed by atoms with van der Waals surface area (Å²) in [6, 6.07) is -1.35. The molecule has 0 aromatic carbocycles. The predicted octanol–water partition coefficient (Wildman–Crippen LogP) is 6.20. The van der Waals surface area contributed by atoms with Gasteiger partial charge >= 0.3 is 18.8 Å². The van der Waals surface area contributed by atoms with Gasteiger partial charge in [0.15, 0.2) is 15.7 Å². The highest BCUT2D eigenvalue weighted by Gasteiger charge is 2.41. The number of hydrogen-bond acceptors (Lipinski definition) is 4. The molecule has 206 valence electrons. The summed E-state index contributed by atoms with van der Waals surface area (Å²) >= 11 is 0. The minimum atomic E-state index is -4.79. The van der Waals surface area contributed by atoms with Gasteiger partial charge < -0.3 is 5.32 Å². The van der Waals surface area contributed by atoms with Gasteiger partial charge in [0.1, 0.15) is 13.9 Å². The Labute approximate surface area is 211 Å². The van der Waals surface area contributed by atoms with Crippen molar-refractivity contribution in [2.24, 2.45) is 4.36 Å². The molecule has 1 atom stereocenters. The van der Waals surface area contributed by atoms with Gasteiger partial charge in [-0.3, -0.25) is 0 Å². The number of pyridine rings is 1. The molecule has 2 amide bonds. The number of nitrogens with one attached hydrogen (secondary N) is 2. The third-order valence-electron chi connectivity index (χ3n) is 6.57. The highest BCUT2D eigenvalue weighted by Crippen LogP contribution is 2.39. The number of anilines is 1. The van der Waals surface area contributed by atoms with Crippen molar-refractivity contribution in [3.8, 4) is 0 Å². The summed E-state index contributed by atoms with van der Waals surface area (Å²) in [5.74, 6) is -1.38. The molecule has 1 unspecified atom stereocenters. The van der Waals surface area contributed by atoms with Gasteiger partial charge in [0.2, 0.25) is 5.03 Å². The van der Waals surface area contributed by atoms with Crippen molar-refractivity contribution >= 4 is 29.9 Å². The third-order valence-corrected chi connectivity index (χ3v) is 14.7. The van der Waals surface area contributed by atoms with E-state index in [1.807, 2.05) is 20.8 Å². The fourth-order valence-corrected chi connectivity index (χ4v) is 9.08. The minimum absolute atomic E-state index is 0.0550. The number of aryl methyl sites for hydroxylation is 1. The molecule has 0 saturated heterocycles. The molecule has 37 heavy (non-hydrogen) atoms. The SMILES string of the molecule is Cc1c(C(F)(F)F)nc2c(c1NC(=O)N=S(=O)(N[Si](C)(C)C(C)(C)C)c1nn(C(F)F)cc1F)CCC2. The maximum Gasteiger partial charge on any atom is 0.433 e. The van der Waals surface area contributed by atoms with Gasteiger partial charge in [-0.1, -0.05) is 33.9 Å². The molecule has 0 aliphatic heterocycles. The monoisotopic (exact) mass is 570 g/mol.